The quantitative estimate of drug-likeness (QED) is 0.803. The molecule has 3 rings (SSSR count). The second-order valence-corrected chi connectivity index (χ2v) is 4.82. The summed E-state index contributed by atoms with van der Waals surface area (Å²) in [4.78, 5) is 19.9. The molecule has 0 spiro atoms. The number of aromatic nitrogens is 2. The highest BCUT2D eigenvalue weighted by Crippen LogP contribution is 2.27. The van der Waals surface area contributed by atoms with Gasteiger partial charge in [0.2, 0.25) is 5.82 Å². The molecule has 20 heavy (non-hydrogen) atoms. The van der Waals surface area contributed by atoms with Crippen molar-refractivity contribution in [2.45, 2.75) is 26.2 Å². The lowest BCUT2D eigenvalue weighted by atomic mass is 10.0. The van der Waals surface area contributed by atoms with Crippen LogP contribution in [0.5, 0.6) is 0 Å². The number of ether oxygens (including phenoxy) is 1. The first-order valence-electron chi connectivity index (χ1n) is 6.90. The highest BCUT2D eigenvalue weighted by molar-refractivity contribution is 5.85. The predicted octanol–water partition coefficient (Wildman–Crippen LogP) is 2.81. The summed E-state index contributed by atoms with van der Waals surface area (Å²) in [5.74, 6) is -0.361. The Balaban J connectivity index is 1.94. The number of hydrogen-bond acceptors (Lipinski definition) is 4. The van der Waals surface area contributed by atoms with Crippen LogP contribution < -0.4 is 0 Å². The van der Waals surface area contributed by atoms with E-state index in [0.29, 0.717) is 6.61 Å². The molecule has 4 nitrogen and oxygen atoms in total. The average molecular weight is 268 g/mol. The number of hydrogen-bond donors (Lipinski definition) is 0. The number of fused-ring (bicyclic) bond motifs is 1. The van der Waals surface area contributed by atoms with Crippen molar-refractivity contribution in [3.63, 3.8) is 0 Å². The monoisotopic (exact) mass is 268 g/mol. The third-order valence-corrected chi connectivity index (χ3v) is 3.51. The molecule has 0 aliphatic heterocycles. The fourth-order valence-electron chi connectivity index (χ4n) is 2.54. The van der Waals surface area contributed by atoms with Gasteiger partial charge in [-0.05, 0) is 49.4 Å². The molecule has 0 radical (unpaired) electrons. The second kappa shape index (κ2) is 5.41. The molecule has 1 aliphatic carbocycles. The van der Waals surface area contributed by atoms with Crippen LogP contribution in [-0.2, 0) is 17.6 Å². The van der Waals surface area contributed by atoms with Gasteiger partial charge in [-0.25, -0.2) is 14.8 Å². The van der Waals surface area contributed by atoms with Crippen molar-refractivity contribution < 1.29 is 9.53 Å². The Hall–Kier alpha value is -2.23. The molecule has 0 N–H and O–H groups in total. The number of carbonyl (C=O) groups is 1. The summed E-state index contributed by atoms with van der Waals surface area (Å²) in [5, 5.41) is 0. The van der Waals surface area contributed by atoms with Crippen LogP contribution in [-0.4, -0.2) is 22.5 Å². The highest BCUT2D eigenvalue weighted by Gasteiger charge is 2.14. The summed E-state index contributed by atoms with van der Waals surface area (Å²) in [6, 6.07) is 8.20. The maximum Gasteiger partial charge on any atom is 0.376 e. The summed E-state index contributed by atoms with van der Waals surface area (Å²) in [6.07, 6.45) is 5.10. The van der Waals surface area contributed by atoms with Crippen LogP contribution in [0, 0.1) is 0 Å². The molecule has 0 unspecified atom stereocenters. The van der Waals surface area contributed by atoms with Gasteiger partial charge in [0, 0.05) is 11.8 Å². The summed E-state index contributed by atoms with van der Waals surface area (Å²) in [6.45, 7) is 2.09. The van der Waals surface area contributed by atoms with Gasteiger partial charge in [0.15, 0.2) is 0 Å². The number of aryl methyl sites for hydroxylation is 2. The van der Waals surface area contributed by atoms with E-state index >= 15 is 0 Å². The van der Waals surface area contributed by atoms with Crippen LogP contribution in [0.4, 0.5) is 0 Å². The topological polar surface area (TPSA) is 52.1 Å². The van der Waals surface area contributed by atoms with Crippen LogP contribution in [0.2, 0.25) is 0 Å². The van der Waals surface area contributed by atoms with E-state index in [4.69, 9.17) is 4.74 Å². The lowest BCUT2D eigenvalue weighted by Gasteiger charge is -2.06. The summed E-state index contributed by atoms with van der Waals surface area (Å²) in [7, 11) is 0. The number of nitrogens with zero attached hydrogens (tertiary/aromatic N) is 2. The van der Waals surface area contributed by atoms with E-state index in [-0.39, 0.29) is 5.82 Å². The minimum Gasteiger partial charge on any atom is -0.460 e. The van der Waals surface area contributed by atoms with E-state index < -0.39 is 5.97 Å². The smallest absolute Gasteiger partial charge is 0.376 e. The molecule has 0 bridgehead atoms. The molecule has 1 aromatic carbocycles. The maximum absolute atomic E-state index is 11.7. The second-order valence-electron chi connectivity index (χ2n) is 4.82. The van der Waals surface area contributed by atoms with Gasteiger partial charge in [0.25, 0.3) is 0 Å². The lowest BCUT2D eigenvalue weighted by Crippen LogP contribution is -2.09. The average Bonchev–Trinajstić information content (AvgIpc) is 2.95. The van der Waals surface area contributed by atoms with E-state index in [0.717, 1.165) is 24.1 Å². The molecule has 4 heteroatoms. The molecule has 0 saturated heterocycles. The summed E-state index contributed by atoms with van der Waals surface area (Å²) in [5.41, 5.74) is 4.60. The maximum atomic E-state index is 11.7. The molecular weight excluding hydrogens is 252 g/mol. The number of carbonyl (C=O) groups excluding carboxylic acids is 1. The molecule has 1 heterocycles. The summed E-state index contributed by atoms with van der Waals surface area (Å²) >= 11 is 0. The van der Waals surface area contributed by atoms with E-state index in [9.17, 15) is 4.79 Å². The van der Waals surface area contributed by atoms with Gasteiger partial charge in [-0.1, -0.05) is 12.1 Å². The van der Waals surface area contributed by atoms with Crippen molar-refractivity contribution in [3.8, 4) is 11.3 Å². The molecule has 2 aromatic rings. The molecule has 0 atom stereocenters. The van der Waals surface area contributed by atoms with Crippen molar-refractivity contribution in [2.75, 3.05) is 6.61 Å². The van der Waals surface area contributed by atoms with Crippen molar-refractivity contribution in [1.29, 1.82) is 0 Å². The zero-order valence-corrected chi connectivity index (χ0v) is 11.4. The Bertz CT molecular complexity index is 653. The Labute approximate surface area is 117 Å². The van der Waals surface area contributed by atoms with Gasteiger partial charge in [-0.2, -0.15) is 0 Å². The van der Waals surface area contributed by atoms with Crippen molar-refractivity contribution >= 4 is 5.97 Å². The summed E-state index contributed by atoms with van der Waals surface area (Å²) < 4.78 is 4.93. The van der Waals surface area contributed by atoms with Crippen molar-refractivity contribution in [1.82, 2.24) is 9.97 Å². The molecular formula is C16H16N2O2. The van der Waals surface area contributed by atoms with Crippen LogP contribution >= 0.6 is 0 Å². The van der Waals surface area contributed by atoms with Crippen molar-refractivity contribution in [3.05, 3.63) is 47.4 Å². The van der Waals surface area contributed by atoms with Crippen LogP contribution in [0.1, 0.15) is 35.1 Å². The van der Waals surface area contributed by atoms with Gasteiger partial charge in [-0.3, -0.25) is 0 Å². The zero-order chi connectivity index (χ0) is 13.9. The van der Waals surface area contributed by atoms with E-state index in [1.54, 1.807) is 13.1 Å². The Morgan fingerprint density at radius 1 is 1.25 bits per heavy atom. The first-order valence-corrected chi connectivity index (χ1v) is 6.90. The largest absolute Gasteiger partial charge is 0.460 e. The predicted molar refractivity (Wildman–Crippen MR) is 75.4 cm³/mol. The fourth-order valence-corrected chi connectivity index (χ4v) is 2.54. The Kier molecular flexibility index (Phi) is 3.46. The van der Waals surface area contributed by atoms with Crippen LogP contribution in [0.15, 0.2) is 30.5 Å². The molecule has 102 valence electrons. The third kappa shape index (κ3) is 2.41. The van der Waals surface area contributed by atoms with E-state index in [2.05, 4.69) is 28.2 Å². The Morgan fingerprint density at radius 3 is 2.95 bits per heavy atom. The Morgan fingerprint density at radius 2 is 2.10 bits per heavy atom. The minimum atomic E-state index is -0.476. The number of benzene rings is 1. The first kappa shape index (κ1) is 12.8. The van der Waals surface area contributed by atoms with Gasteiger partial charge in [0.1, 0.15) is 0 Å². The SMILES string of the molecule is CCOC(=O)c1nccc(-c2ccc3c(c2)CCC3)n1. The highest BCUT2D eigenvalue weighted by atomic mass is 16.5. The van der Waals surface area contributed by atoms with Gasteiger partial charge >= 0.3 is 5.97 Å². The lowest BCUT2D eigenvalue weighted by molar-refractivity contribution is 0.0512. The van der Waals surface area contributed by atoms with E-state index in [1.165, 1.54) is 17.5 Å². The molecule has 1 aromatic heterocycles. The van der Waals surface area contributed by atoms with Gasteiger partial charge < -0.3 is 4.74 Å². The van der Waals surface area contributed by atoms with Crippen molar-refractivity contribution in [2.24, 2.45) is 0 Å². The fraction of sp³-hybridized carbons (Fsp3) is 0.312. The molecule has 1 aliphatic rings. The normalized spacial score (nSPS) is 13.1. The molecule has 0 saturated carbocycles. The minimum absolute atomic E-state index is 0.116. The van der Waals surface area contributed by atoms with Gasteiger partial charge in [-0.15, -0.1) is 0 Å². The number of esters is 1. The third-order valence-electron chi connectivity index (χ3n) is 3.51. The van der Waals surface area contributed by atoms with E-state index in [1.807, 2.05) is 6.07 Å². The molecule has 0 fully saturated rings. The first-order chi connectivity index (χ1) is 9.78. The number of rotatable bonds is 3. The molecule has 0 amide bonds. The standard InChI is InChI=1S/C16H16N2O2/c1-2-20-16(19)15-17-9-8-14(18-15)13-7-6-11-4-3-5-12(11)10-13/h6-10H,2-5H2,1H3. The zero-order valence-electron chi connectivity index (χ0n) is 11.4. The van der Waals surface area contributed by atoms with Crippen LogP contribution in [0.25, 0.3) is 11.3 Å². The van der Waals surface area contributed by atoms with Gasteiger partial charge in [0.05, 0.1) is 12.3 Å². The van der Waals surface area contributed by atoms with Crippen LogP contribution in [0.3, 0.4) is 0 Å².